The first-order valence-electron chi connectivity index (χ1n) is 6.46. The van der Waals surface area contributed by atoms with Gasteiger partial charge in [0.05, 0.1) is 0 Å². The summed E-state index contributed by atoms with van der Waals surface area (Å²) >= 11 is 0. The van der Waals surface area contributed by atoms with Gasteiger partial charge in [-0.3, -0.25) is 19.9 Å². The van der Waals surface area contributed by atoms with Gasteiger partial charge in [0.1, 0.15) is 17.9 Å². The molecule has 1 heterocycles. The minimum absolute atomic E-state index is 0.105. The summed E-state index contributed by atoms with van der Waals surface area (Å²) in [5.41, 5.74) is 5.11. The quantitative estimate of drug-likeness (QED) is 0.415. The Morgan fingerprint density at radius 3 is 2.32 bits per heavy atom. The maximum absolute atomic E-state index is 12.5. The third-order valence-corrected chi connectivity index (χ3v) is 3.90. The molecule has 4 N–H and O–H groups in total. The molecule has 1 aliphatic rings. The number of carbonyl (C=O) groups excluding carboxylic acids is 2. The summed E-state index contributed by atoms with van der Waals surface area (Å²) in [5, 5.41) is 16.2. The van der Waals surface area contributed by atoms with Crippen LogP contribution in [0, 0.1) is 5.41 Å². The van der Waals surface area contributed by atoms with E-state index < -0.39 is 30.0 Å². The van der Waals surface area contributed by atoms with Crippen LogP contribution in [0.25, 0.3) is 0 Å². The minimum atomic E-state index is -1.29. The van der Waals surface area contributed by atoms with Crippen molar-refractivity contribution in [3.05, 3.63) is 35.4 Å². The average molecular weight is 304 g/mol. The van der Waals surface area contributed by atoms with Gasteiger partial charge in [-0.15, -0.1) is 0 Å². The fraction of sp³-hybridized carbons (Fsp3) is 0.286. The van der Waals surface area contributed by atoms with Crippen LogP contribution in [0.1, 0.15) is 18.1 Å². The molecule has 8 heteroatoms. The first kappa shape index (κ1) is 15.5. The number of aliphatic carboxylic acids is 1. The maximum atomic E-state index is 12.5. The topological polar surface area (TPSA) is 128 Å². The van der Waals surface area contributed by atoms with Crippen molar-refractivity contribution < 1.29 is 19.5 Å². The lowest BCUT2D eigenvalue weighted by Crippen LogP contribution is -2.42. The number of benzene rings is 1. The Hall–Kier alpha value is -2.90. The number of carboxylic acid groups (broad SMARTS) is 1. The predicted octanol–water partition coefficient (Wildman–Crippen LogP) is 0.164. The van der Waals surface area contributed by atoms with E-state index in [1.54, 1.807) is 31.2 Å². The first-order valence-corrected chi connectivity index (χ1v) is 6.46. The molecular formula is C14H16N4O4. The number of carboxylic acids is 1. The SMILES string of the molecule is CN1C(=O)N(CC(=O)O)C(=O)[C@]1(C)c1ccc(C(=N)N)cc1. The van der Waals surface area contributed by atoms with Gasteiger partial charge in [-0.25, -0.2) is 4.79 Å². The number of nitrogens with one attached hydrogen (secondary N) is 1. The lowest BCUT2D eigenvalue weighted by atomic mass is 9.90. The molecule has 1 aromatic rings. The summed E-state index contributed by atoms with van der Waals surface area (Å²) in [6.45, 7) is 0.876. The van der Waals surface area contributed by atoms with Gasteiger partial charge >= 0.3 is 12.0 Å². The molecule has 1 saturated heterocycles. The Morgan fingerprint density at radius 2 is 1.86 bits per heavy atom. The van der Waals surface area contributed by atoms with E-state index in [2.05, 4.69) is 0 Å². The van der Waals surface area contributed by atoms with E-state index in [9.17, 15) is 14.4 Å². The monoisotopic (exact) mass is 304 g/mol. The number of carbonyl (C=O) groups is 3. The second kappa shape index (κ2) is 5.14. The van der Waals surface area contributed by atoms with E-state index in [0.29, 0.717) is 16.0 Å². The fourth-order valence-corrected chi connectivity index (χ4v) is 2.43. The van der Waals surface area contributed by atoms with Crippen molar-refractivity contribution in [2.75, 3.05) is 13.6 Å². The second-order valence-corrected chi connectivity index (χ2v) is 5.19. The van der Waals surface area contributed by atoms with Crippen molar-refractivity contribution >= 4 is 23.7 Å². The number of amides is 3. The Morgan fingerprint density at radius 1 is 1.32 bits per heavy atom. The summed E-state index contributed by atoms with van der Waals surface area (Å²) < 4.78 is 0. The number of amidine groups is 1. The van der Waals surface area contributed by atoms with E-state index in [1.807, 2.05) is 0 Å². The molecule has 0 saturated carbocycles. The minimum Gasteiger partial charge on any atom is -0.480 e. The number of likely N-dealkylation sites (N-methyl/N-ethyl adjacent to an activating group) is 1. The van der Waals surface area contributed by atoms with Gasteiger partial charge in [0.2, 0.25) is 0 Å². The molecule has 0 radical (unpaired) electrons. The Balaban J connectivity index is 2.43. The van der Waals surface area contributed by atoms with Crippen LogP contribution >= 0.6 is 0 Å². The molecule has 1 atom stereocenters. The Bertz CT molecular complexity index is 670. The van der Waals surface area contributed by atoms with Crippen LogP contribution in [0.2, 0.25) is 0 Å². The zero-order valence-corrected chi connectivity index (χ0v) is 12.2. The van der Waals surface area contributed by atoms with Crippen LogP contribution in [0.3, 0.4) is 0 Å². The molecule has 116 valence electrons. The molecular weight excluding hydrogens is 288 g/mol. The molecule has 0 unspecified atom stereocenters. The number of nitrogens with zero attached hydrogens (tertiary/aromatic N) is 2. The zero-order chi connectivity index (χ0) is 16.7. The lowest BCUT2D eigenvalue weighted by Gasteiger charge is -2.29. The van der Waals surface area contributed by atoms with Crippen molar-refractivity contribution in [1.29, 1.82) is 5.41 Å². The second-order valence-electron chi connectivity index (χ2n) is 5.19. The molecule has 2 rings (SSSR count). The number of nitrogens with two attached hydrogens (primary N) is 1. The van der Waals surface area contributed by atoms with E-state index in [1.165, 1.54) is 11.9 Å². The highest BCUT2D eigenvalue weighted by Crippen LogP contribution is 2.35. The van der Waals surface area contributed by atoms with Crippen LogP contribution in [0.15, 0.2) is 24.3 Å². The number of hydrogen-bond donors (Lipinski definition) is 3. The van der Waals surface area contributed by atoms with Crippen molar-refractivity contribution in [2.45, 2.75) is 12.5 Å². The molecule has 0 bridgehead atoms. The van der Waals surface area contributed by atoms with Crippen LogP contribution in [-0.2, 0) is 15.1 Å². The van der Waals surface area contributed by atoms with Gasteiger partial charge in [0, 0.05) is 12.6 Å². The van der Waals surface area contributed by atoms with Crippen molar-refractivity contribution in [3.8, 4) is 0 Å². The fourth-order valence-electron chi connectivity index (χ4n) is 2.43. The number of nitrogen functional groups attached to an aromatic ring is 1. The van der Waals surface area contributed by atoms with Crippen molar-refractivity contribution in [1.82, 2.24) is 9.80 Å². The molecule has 3 amide bonds. The van der Waals surface area contributed by atoms with E-state index >= 15 is 0 Å². The highest BCUT2D eigenvalue weighted by atomic mass is 16.4. The summed E-state index contributed by atoms with van der Waals surface area (Å²) in [6.07, 6.45) is 0. The summed E-state index contributed by atoms with van der Waals surface area (Å²) in [7, 11) is 1.45. The zero-order valence-electron chi connectivity index (χ0n) is 12.2. The third kappa shape index (κ3) is 2.18. The van der Waals surface area contributed by atoms with Crippen LogP contribution < -0.4 is 5.73 Å². The molecule has 22 heavy (non-hydrogen) atoms. The van der Waals surface area contributed by atoms with Gasteiger partial charge < -0.3 is 15.7 Å². The van der Waals surface area contributed by atoms with Crippen LogP contribution in [-0.4, -0.2) is 52.2 Å². The van der Waals surface area contributed by atoms with E-state index in [4.69, 9.17) is 16.2 Å². The smallest absolute Gasteiger partial charge is 0.328 e. The van der Waals surface area contributed by atoms with Crippen molar-refractivity contribution in [2.24, 2.45) is 5.73 Å². The number of hydrogen-bond acceptors (Lipinski definition) is 4. The lowest BCUT2D eigenvalue weighted by molar-refractivity contribution is -0.143. The molecule has 1 aliphatic heterocycles. The summed E-state index contributed by atoms with van der Waals surface area (Å²) in [4.78, 5) is 37.4. The summed E-state index contributed by atoms with van der Waals surface area (Å²) in [5.74, 6) is -1.96. The van der Waals surface area contributed by atoms with Crippen LogP contribution in [0.4, 0.5) is 4.79 Å². The highest BCUT2D eigenvalue weighted by Gasteiger charge is 2.53. The predicted molar refractivity (Wildman–Crippen MR) is 77.3 cm³/mol. The molecule has 0 aromatic heterocycles. The van der Waals surface area contributed by atoms with Gasteiger partial charge in [-0.05, 0) is 12.5 Å². The number of imide groups is 1. The normalized spacial score (nSPS) is 21.4. The van der Waals surface area contributed by atoms with Gasteiger partial charge in [-0.1, -0.05) is 24.3 Å². The third-order valence-electron chi connectivity index (χ3n) is 3.90. The molecule has 8 nitrogen and oxygen atoms in total. The van der Waals surface area contributed by atoms with Crippen LogP contribution in [0.5, 0.6) is 0 Å². The summed E-state index contributed by atoms with van der Waals surface area (Å²) in [6, 6.07) is 5.69. The molecule has 1 fully saturated rings. The van der Waals surface area contributed by atoms with Crippen molar-refractivity contribution in [3.63, 3.8) is 0 Å². The highest BCUT2D eigenvalue weighted by molar-refractivity contribution is 6.08. The standard InChI is InChI=1S/C14H16N4O4/c1-14(9-5-3-8(4-6-9)11(15)16)12(21)18(7-10(19)20)13(22)17(14)2/h3-6H,7H2,1-2H3,(H3,15,16)(H,19,20)/t14-/m0/s1. The van der Waals surface area contributed by atoms with E-state index in [-0.39, 0.29) is 5.84 Å². The molecule has 0 spiro atoms. The van der Waals surface area contributed by atoms with Gasteiger partial charge in [0.15, 0.2) is 0 Å². The molecule has 1 aromatic carbocycles. The number of urea groups is 1. The maximum Gasteiger partial charge on any atom is 0.328 e. The Kier molecular flexibility index (Phi) is 3.62. The molecule has 0 aliphatic carbocycles. The van der Waals surface area contributed by atoms with Gasteiger partial charge in [-0.2, -0.15) is 0 Å². The number of rotatable bonds is 4. The van der Waals surface area contributed by atoms with Gasteiger partial charge in [0.25, 0.3) is 5.91 Å². The largest absolute Gasteiger partial charge is 0.480 e. The Labute approximate surface area is 126 Å². The first-order chi connectivity index (χ1) is 10.2. The van der Waals surface area contributed by atoms with E-state index in [0.717, 1.165) is 0 Å². The average Bonchev–Trinajstić information content (AvgIpc) is 2.63.